The molecular weight excluding hydrogens is 745 g/mol. The zero-order valence-electron chi connectivity index (χ0n) is 40.0. The summed E-state index contributed by atoms with van der Waals surface area (Å²) < 4.78 is 16.8. The van der Waals surface area contributed by atoms with Crippen molar-refractivity contribution in [2.75, 3.05) is 13.2 Å². The Morgan fingerprint density at radius 1 is 0.317 bits per heavy atom. The summed E-state index contributed by atoms with van der Waals surface area (Å²) in [4.78, 5) is 37.9. The SMILES string of the molecule is CCCCC/C=C\CCCCCCCC(=O)OCC(COC(=O)CCCCCCCCC/C=C\CCCCCC)OC(=O)CCCCCCCCC/C=C\CCCCCC. The molecule has 350 valence electrons. The highest BCUT2D eigenvalue weighted by Crippen LogP contribution is 2.15. The minimum absolute atomic E-state index is 0.0772. The van der Waals surface area contributed by atoms with Gasteiger partial charge in [0.1, 0.15) is 13.2 Å². The molecule has 0 bridgehead atoms. The van der Waals surface area contributed by atoms with Crippen molar-refractivity contribution in [3.05, 3.63) is 36.5 Å². The molecule has 1 atom stereocenters. The molecule has 0 N–H and O–H groups in total. The summed E-state index contributed by atoms with van der Waals surface area (Å²) in [6, 6.07) is 0. The van der Waals surface area contributed by atoms with Crippen LogP contribution in [0.25, 0.3) is 0 Å². The van der Waals surface area contributed by atoms with E-state index in [4.69, 9.17) is 14.2 Å². The third-order valence-corrected chi connectivity index (χ3v) is 11.3. The van der Waals surface area contributed by atoms with Crippen LogP contribution >= 0.6 is 0 Å². The number of rotatable bonds is 47. The van der Waals surface area contributed by atoms with Gasteiger partial charge in [-0.1, -0.05) is 192 Å². The first-order valence-electron chi connectivity index (χ1n) is 26.0. The van der Waals surface area contributed by atoms with Crippen molar-refractivity contribution in [3.8, 4) is 0 Å². The van der Waals surface area contributed by atoms with Crippen LogP contribution in [-0.4, -0.2) is 37.2 Å². The van der Waals surface area contributed by atoms with Gasteiger partial charge in [-0.2, -0.15) is 0 Å². The maximum Gasteiger partial charge on any atom is 0.306 e. The van der Waals surface area contributed by atoms with Crippen LogP contribution in [0.2, 0.25) is 0 Å². The monoisotopic (exact) mass is 843 g/mol. The molecule has 0 aliphatic carbocycles. The minimum atomic E-state index is -0.776. The highest BCUT2D eigenvalue weighted by atomic mass is 16.6. The zero-order valence-corrected chi connectivity index (χ0v) is 40.0. The fourth-order valence-corrected chi connectivity index (χ4v) is 7.37. The van der Waals surface area contributed by atoms with E-state index in [9.17, 15) is 14.4 Å². The van der Waals surface area contributed by atoms with Crippen LogP contribution < -0.4 is 0 Å². The molecule has 0 heterocycles. The second-order valence-corrected chi connectivity index (χ2v) is 17.4. The Morgan fingerprint density at radius 2 is 0.550 bits per heavy atom. The summed E-state index contributed by atoms with van der Waals surface area (Å²) in [7, 11) is 0. The Labute approximate surface area is 372 Å². The first kappa shape index (κ1) is 57.6. The lowest BCUT2D eigenvalue weighted by Gasteiger charge is -2.18. The van der Waals surface area contributed by atoms with Crippen molar-refractivity contribution in [1.29, 1.82) is 0 Å². The minimum Gasteiger partial charge on any atom is -0.462 e. The maximum absolute atomic E-state index is 12.8. The fraction of sp³-hybridized carbons (Fsp3) is 0.833. The summed E-state index contributed by atoms with van der Waals surface area (Å²) in [6.07, 6.45) is 56.9. The maximum atomic E-state index is 12.8. The Kier molecular flexibility index (Phi) is 47.3. The molecule has 0 saturated heterocycles. The van der Waals surface area contributed by atoms with E-state index in [1.807, 2.05) is 0 Å². The van der Waals surface area contributed by atoms with Gasteiger partial charge in [0.2, 0.25) is 0 Å². The quantitative estimate of drug-likeness (QED) is 0.0263. The van der Waals surface area contributed by atoms with Crippen molar-refractivity contribution < 1.29 is 28.6 Å². The lowest BCUT2D eigenvalue weighted by Crippen LogP contribution is -2.30. The second-order valence-electron chi connectivity index (χ2n) is 17.4. The van der Waals surface area contributed by atoms with E-state index in [-0.39, 0.29) is 31.1 Å². The molecule has 0 saturated carbocycles. The number of ether oxygens (including phenoxy) is 3. The average Bonchev–Trinajstić information content (AvgIpc) is 3.24. The van der Waals surface area contributed by atoms with Crippen molar-refractivity contribution in [1.82, 2.24) is 0 Å². The number of carbonyl (C=O) groups is 3. The zero-order chi connectivity index (χ0) is 43.7. The van der Waals surface area contributed by atoms with Gasteiger partial charge in [0.05, 0.1) is 0 Å². The summed E-state index contributed by atoms with van der Waals surface area (Å²) >= 11 is 0. The molecular formula is C54H98O6. The van der Waals surface area contributed by atoms with Crippen LogP contribution in [0.15, 0.2) is 36.5 Å². The fourth-order valence-electron chi connectivity index (χ4n) is 7.37. The molecule has 0 rings (SSSR count). The molecule has 6 nitrogen and oxygen atoms in total. The Morgan fingerprint density at radius 3 is 0.867 bits per heavy atom. The van der Waals surface area contributed by atoms with E-state index in [1.165, 1.54) is 167 Å². The van der Waals surface area contributed by atoms with Gasteiger partial charge in [-0.15, -0.1) is 0 Å². The Hall–Kier alpha value is -2.37. The van der Waals surface area contributed by atoms with Gasteiger partial charge in [0.15, 0.2) is 6.10 Å². The van der Waals surface area contributed by atoms with Crippen LogP contribution in [0, 0.1) is 0 Å². The molecule has 60 heavy (non-hydrogen) atoms. The van der Waals surface area contributed by atoms with Gasteiger partial charge in [-0.3, -0.25) is 14.4 Å². The lowest BCUT2D eigenvalue weighted by molar-refractivity contribution is -0.167. The largest absolute Gasteiger partial charge is 0.462 e. The topological polar surface area (TPSA) is 78.9 Å². The van der Waals surface area contributed by atoms with E-state index >= 15 is 0 Å². The molecule has 0 spiro atoms. The molecule has 0 fully saturated rings. The van der Waals surface area contributed by atoms with Gasteiger partial charge in [-0.05, 0) is 96.3 Å². The molecule has 0 amide bonds. The number of hydrogen-bond acceptors (Lipinski definition) is 6. The molecule has 6 heteroatoms. The second kappa shape index (κ2) is 49.3. The summed E-state index contributed by atoms with van der Waals surface area (Å²) in [6.45, 7) is 6.59. The highest BCUT2D eigenvalue weighted by Gasteiger charge is 2.19. The molecule has 0 radical (unpaired) electrons. The van der Waals surface area contributed by atoms with Gasteiger partial charge in [-0.25, -0.2) is 0 Å². The van der Waals surface area contributed by atoms with Crippen LogP contribution in [0.5, 0.6) is 0 Å². The first-order valence-corrected chi connectivity index (χ1v) is 26.0. The average molecular weight is 843 g/mol. The van der Waals surface area contributed by atoms with E-state index in [0.29, 0.717) is 19.3 Å². The van der Waals surface area contributed by atoms with Crippen molar-refractivity contribution in [3.63, 3.8) is 0 Å². The molecule has 0 aliphatic rings. The molecule has 0 aromatic heterocycles. The predicted molar refractivity (Wildman–Crippen MR) is 256 cm³/mol. The summed E-state index contributed by atoms with van der Waals surface area (Å²) in [5.74, 6) is -0.887. The molecule has 0 aromatic carbocycles. The standard InChI is InChI=1S/C54H98O6/c1-4-7-10-13-16-19-22-25-27-29-32-35-38-41-44-47-53(56)59-50-51(49-58-52(55)46-43-40-37-34-31-24-21-18-15-12-9-6-3)60-54(57)48-45-42-39-36-33-30-28-26-23-20-17-14-11-8-5-2/h18-23,51H,4-17,24-50H2,1-3H3/b21-18-,22-19-,23-20-. The van der Waals surface area contributed by atoms with Gasteiger partial charge in [0.25, 0.3) is 0 Å². The third-order valence-electron chi connectivity index (χ3n) is 11.3. The Bertz CT molecular complexity index is 1020. The van der Waals surface area contributed by atoms with E-state index in [0.717, 1.165) is 64.2 Å². The molecule has 1 unspecified atom stereocenters. The summed E-state index contributed by atoms with van der Waals surface area (Å²) in [5, 5.41) is 0. The van der Waals surface area contributed by atoms with Crippen LogP contribution in [-0.2, 0) is 28.6 Å². The van der Waals surface area contributed by atoms with Crippen molar-refractivity contribution in [2.24, 2.45) is 0 Å². The van der Waals surface area contributed by atoms with E-state index in [2.05, 4.69) is 57.2 Å². The number of hydrogen-bond donors (Lipinski definition) is 0. The normalized spacial score (nSPS) is 12.2. The van der Waals surface area contributed by atoms with Crippen molar-refractivity contribution >= 4 is 17.9 Å². The predicted octanol–water partition coefficient (Wildman–Crippen LogP) is 16.9. The van der Waals surface area contributed by atoms with E-state index < -0.39 is 6.10 Å². The molecule has 0 aromatic rings. The van der Waals surface area contributed by atoms with Gasteiger partial charge in [0, 0.05) is 19.3 Å². The summed E-state index contributed by atoms with van der Waals surface area (Å²) in [5.41, 5.74) is 0. The van der Waals surface area contributed by atoms with Gasteiger partial charge >= 0.3 is 17.9 Å². The smallest absolute Gasteiger partial charge is 0.306 e. The van der Waals surface area contributed by atoms with Crippen molar-refractivity contribution in [2.45, 2.75) is 277 Å². The van der Waals surface area contributed by atoms with Crippen LogP contribution in [0.4, 0.5) is 0 Å². The number of carbonyl (C=O) groups excluding carboxylic acids is 3. The molecule has 0 aliphatic heterocycles. The first-order chi connectivity index (χ1) is 29.5. The lowest BCUT2D eigenvalue weighted by atomic mass is 10.1. The van der Waals surface area contributed by atoms with Crippen LogP contribution in [0.1, 0.15) is 271 Å². The Balaban J connectivity index is 4.37. The number of unbranched alkanes of at least 4 members (excludes halogenated alkanes) is 30. The van der Waals surface area contributed by atoms with E-state index in [1.54, 1.807) is 0 Å². The van der Waals surface area contributed by atoms with Gasteiger partial charge < -0.3 is 14.2 Å². The number of allylic oxidation sites excluding steroid dienone is 6. The third kappa shape index (κ3) is 46.7. The highest BCUT2D eigenvalue weighted by molar-refractivity contribution is 5.71. The van der Waals surface area contributed by atoms with Crippen LogP contribution in [0.3, 0.4) is 0 Å². The number of esters is 3.